The second-order valence-corrected chi connectivity index (χ2v) is 6.40. The summed E-state index contributed by atoms with van der Waals surface area (Å²) in [4.78, 5) is 37.1. The number of esters is 1. The summed E-state index contributed by atoms with van der Waals surface area (Å²) in [5.41, 5.74) is -0.258. The van der Waals surface area contributed by atoms with Gasteiger partial charge in [-0.1, -0.05) is 18.2 Å². The lowest BCUT2D eigenvalue weighted by Gasteiger charge is -2.27. The SMILES string of the molecule is CC(C)(C)OC(=O)N1C(=O)CCC1COC(=O)c1ccccc1. The van der Waals surface area contributed by atoms with E-state index in [0.29, 0.717) is 12.0 Å². The average molecular weight is 319 g/mol. The van der Waals surface area contributed by atoms with Gasteiger partial charge in [0.15, 0.2) is 0 Å². The summed E-state index contributed by atoms with van der Waals surface area (Å²) < 4.78 is 10.5. The molecule has 0 aliphatic carbocycles. The van der Waals surface area contributed by atoms with Gasteiger partial charge in [-0.05, 0) is 39.3 Å². The smallest absolute Gasteiger partial charge is 0.417 e. The van der Waals surface area contributed by atoms with Gasteiger partial charge in [-0.25, -0.2) is 14.5 Å². The number of amides is 2. The molecule has 1 aliphatic rings. The Morgan fingerprint density at radius 1 is 1.22 bits per heavy atom. The molecule has 0 spiro atoms. The number of ether oxygens (including phenoxy) is 2. The van der Waals surface area contributed by atoms with Crippen LogP contribution in [0.25, 0.3) is 0 Å². The van der Waals surface area contributed by atoms with Crippen molar-refractivity contribution in [2.75, 3.05) is 6.61 Å². The molecule has 2 rings (SSSR count). The van der Waals surface area contributed by atoms with Crippen molar-refractivity contribution in [1.82, 2.24) is 4.90 Å². The van der Waals surface area contributed by atoms with Crippen LogP contribution in [0.2, 0.25) is 0 Å². The highest BCUT2D eigenvalue weighted by Crippen LogP contribution is 2.22. The van der Waals surface area contributed by atoms with Crippen LogP contribution < -0.4 is 0 Å². The Labute approximate surface area is 135 Å². The molecule has 1 fully saturated rings. The monoisotopic (exact) mass is 319 g/mol. The van der Waals surface area contributed by atoms with E-state index in [0.717, 1.165) is 4.90 Å². The normalized spacial score (nSPS) is 18.0. The third kappa shape index (κ3) is 4.55. The predicted octanol–water partition coefficient (Wildman–Crippen LogP) is 2.77. The summed E-state index contributed by atoms with van der Waals surface area (Å²) in [6, 6.07) is 8.09. The lowest BCUT2D eigenvalue weighted by Crippen LogP contribution is -2.44. The average Bonchev–Trinajstić information content (AvgIpc) is 2.85. The summed E-state index contributed by atoms with van der Waals surface area (Å²) in [6.07, 6.45) is 0.00759. The van der Waals surface area contributed by atoms with Gasteiger partial charge in [0.05, 0.1) is 11.6 Å². The van der Waals surface area contributed by atoms with E-state index in [1.807, 2.05) is 0 Å². The number of nitrogens with zero attached hydrogens (tertiary/aromatic N) is 1. The van der Waals surface area contributed by atoms with Crippen LogP contribution >= 0.6 is 0 Å². The maximum Gasteiger partial charge on any atom is 0.417 e. The molecule has 1 atom stereocenters. The van der Waals surface area contributed by atoms with E-state index in [-0.39, 0.29) is 18.9 Å². The number of carbonyl (C=O) groups is 3. The van der Waals surface area contributed by atoms with Crippen LogP contribution in [0.15, 0.2) is 30.3 Å². The Hall–Kier alpha value is -2.37. The molecule has 0 saturated carbocycles. The van der Waals surface area contributed by atoms with Gasteiger partial charge in [0.1, 0.15) is 12.2 Å². The highest BCUT2D eigenvalue weighted by atomic mass is 16.6. The van der Waals surface area contributed by atoms with Crippen molar-refractivity contribution in [2.24, 2.45) is 0 Å². The lowest BCUT2D eigenvalue weighted by atomic mass is 10.2. The van der Waals surface area contributed by atoms with E-state index in [1.165, 1.54) is 0 Å². The molecule has 2 amide bonds. The second-order valence-electron chi connectivity index (χ2n) is 6.40. The molecule has 1 unspecified atom stereocenters. The minimum absolute atomic E-state index is 0.0291. The van der Waals surface area contributed by atoms with E-state index < -0.39 is 23.7 Å². The number of hydrogen-bond acceptors (Lipinski definition) is 5. The first-order valence-corrected chi connectivity index (χ1v) is 7.55. The summed E-state index contributed by atoms with van der Waals surface area (Å²) >= 11 is 0. The fourth-order valence-electron chi connectivity index (χ4n) is 2.29. The summed E-state index contributed by atoms with van der Waals surface area (Å²) in [7, 11) is 0. The highest BCUT2D eigenvalue weighted by Gasteiger charge is 2.39. The first-order chi connectivity index (χ1) is 10.8. The van der Waals surface area contributed by atoms with E-state index in [9.17, 15) is 14.4 Å². The van der Waals surface area contributed by atoms with Crippen molar-refractivity contribution in [1.29, 1.82) is 0 Å². The highest BCUT2D eigenvalue weighted by molar-refractivity contribution is 5.94. The number of hydrogen-bond donors (Lipinski definition) is 0. The van der Waals surface area contributed by atoms with Crippen molar-refractivity contribution in [3.63, 3.8) is 0 Å². The Balaban J connectivity index is 1.97. The molecular formula is C17H21NO5. The molecule has 1 aromatic carbocycles. The summed E-state index contributed by atoms with van der Waals surface area (Å²) in [6.45, 7) is 5.17. The zero-order chi connectivity index (χ0) is 17.0. The van der Waals surface area contributed by atoms with Crippen molar-refractivity contribution in [2.45, 2.75) is 45.3 Å². The van der Waals surface area contributed by atoms with Gasteiger partial charge in [0, 0.05) is 6.42 Å². The Morgan fingerprint density at radius 2 is 1.87 bits per heavy atom. The third-order valence-electron chi connectivity index (χ3n) is 3.33. The molecule has 6 heteroatoms. The van der Waals surface area contributed by atoms with Gasteiger partial charge in [-0.3, -0.25) is 4.79 Å². The molecule has 23 heavy (non-hydrogen) atoms. The predicted molar refractivity (Wildman–Crippen MR) is 82.8 cm³/mol. The maximum atomic E-state index is 12.1. The lowest BCUT2D eigenvalue weighted by molar-refractivity contribution is -0.128. The number of carbonyl (C=O) groups excluding carboxylic acids is 3. The Bertz CT molecular complexity index is 591. The van der Waals surface area contributed by atoms with Crippen LogP contribution in [0.3, 0.4) is 0 Å². The molecule has 0 N–H and O–H groups in total. The molecular weight excluding hydrogens is 298 g/mol. The summed E-state index contributed by atoms with van der Waals surface area (Å²) in [5.74, 6) is -0.783. The zero-order valence-corrected chi connectivity index (χ0v) is 13.6. The molecule has 1 aliphatic heterocycles. The van der Waals surface area contributed by atoms with Crippen LogP contribution in [0.1, 0.15) is 44.0 Å². The van der Waals surface area contributed by atoms with Gasteiger partial charge >= 0.3 is 12.1 Å². The van der Waals surface area contributed by atoms with Gasteiger partial charge in [-0.15, -0.1) is 0 Å². The first-order valence-electron chi connectivity index (χ1n) is 7.55. The standard InChI is InChI=1S/C17H21NO5/c1-17(2,3)23-16(21)18-13(9-10-14(18)19)11-22-15(20)12-7-5-4-6-8-12/h4-8,13H,9-11H2,1-3H3. The maximum absolute atomic E-state index is 12.1. The number of likely N-dealkylation sites (tertiary alicyclic amines) is 1. The number of imide groups is 1. The molecule has 1 saturated heterocycles. The summed E-state index contributed by atoms with van der Waals surface area (Å²) in [5, 5.41) is 0. The van der Waals surface area contributed by atoms with Crippen molar-refractivity contribution < 1.29 is 23.9 Å². The van der Waals surface area contributed by atoms with Crippen LogP contribution in [0.4, 0.5) is 4.79 Å². The molecule has 0 aromatic heterocycles. The van der Waals surface area contributed by atoms with E-state index in [2.05, 4.69) is 0 Å². The largest absolute Gasteiger partial charge is 0.460 e. The Kier molecular flexibility index (Phi) is 5.03. The van der Waals surface area contributed by atoms with Gasteiger partial charge < -0.3 is 9.47 Å². The van der Waals surface area contributed by atoms with Crippen LogP contribution in [0, 0.1) is 0 Å². The van der Waals surface area contributed by atoms with E-state index in [1.54, 1.807) is 51.1 Å². The fourth-order valence-corrected chi connectivity index (χ4v) is 2.29. The van der Waals surface area contributed by atoms with Crippen LogP contribution in [-0.4, -0.2) is 41.1 Å². The van der Waals surface area contributed by atoms with E-state index in [4.69, 9.17) is 9.47 Å². The van der Waals surface area contributed by atoms with Gasteiger partial charge in [-0.2, -0.15) is 0 Å². The zero-order valence-electron chi connectivity index (χ0n) is 13.6. The minimum atomic E-state index is -0.694. The molecule has 124 valence electrons. The molecule has 6 nitrogen and oxygen atoms in total. The topological polar surface area (TPSA) is 72.9 Å². The quantitative estimate of drug-likeness (QED) is 0.801. The third-order valence-corrected chi connectivity index (χ3v) is 3.33. The van der Waals surface area contributed by atoms with Crippen molar-refractivity contribution in [3.8, 4) is 0 Å². The Morgan fingerprint density at radius 3 is 2.48 bits per heavy atom. The second kappa shape index (κ2) is 6.81. The van der Waals surface area contributed by atoms with Crippen molar-refractivity contribution >= 4 is 18.0 Å². The molecule has 1 aromatic rings. The fraction of sp³-hybridized carbons (Fsp3) is 0.471. The number of rotatable bonds is 3. The first kappa shape index (κ1) is 17.0. The van der Waals surface area contributed by atoms with Crippen LogP contribution in [0.5, 0.6) is 0 Å². The van der Waals surface area contributed by atoms with E-state index >= 15 is 0 Å². The van der Waals surface area contributed by atoms with Gasteiger partial charge in [0.2, 0.25) is 5.91 Å². The van der Waals surface area contributed by atoms with Crippen molar-refractivity contribution in [3.05, 3.63) is 35.9 Å². The van der Waals surface area contributed by atoms with Gasteiger partial charge in [0.25, 0.3) is 0 Å². The molecule has 1 heterocycles. The number of benzene rings is 1. The molecule has 0 bridgehead atoms. The van der Waals surface area contributed by atoms with Crippen LogP contribution in [-0.2, 0) is 14.3 Å². The molecule has 0 radical (unpaired) electrons. The minimum Gasteiger partial charge on any atom is -0.460 e.